The van der Waals surface area contributed by atoms with Crippen molar-refractivity contribution in [1.29, 1.82) is 0 Å². The fourth-order valence-corrected chi connectivity index (χ4v) is 1.89. The molecule has 4 N–H and O–H groups in total. The Kier molecular flexibility index (Phi) is 2.91. The summed E-state index contributed by atoms with van der Waals surface area (Å²) < 4.78 is 0. The van der Waals surface area contributed by atoms with E-state index in [0.29, 0.717) is 0 Å². The quantitative estimate of drug-likeness (QED) is 0.775. The summed E-state index contributed by atoms with van der Waals surface area (Å²) in [5.74, 6) is 0. The Hall–Kier alpha value is -2.16. The van der Waals surface area contributed by atoms with Gasteiger partial charge in [0.2, 0.25) is 0 Å². The maximum absolute atomic E-state index is 6.03. The second kappa shape index (κ2) is 4.37. The number of nitrogens with two attached hydrogens (primary N) is 2. The SMILES string of the molecule is CN(C)c1ccc(-c2ccccc2N)cc1N. The largest absolute Gasteiger partial charge is 0.398 e. The summed E-state index contributed by atoms with van der Waals surface area (Å²) in [5, 5.41) is 0. The molecule has 0 aliphatic rings. The Bertz CT molecular complexity index is 533. The second-order valence-corrected chi connectivity index (χ2v) is 4.26. The van der Waals surface area contributed by atoms with Crippen molar-refractivity contribution in [3.8, 4) is 11.1 Å². The van der Waals surface area contributed by atoms with Crippen molar-refractivity contribution in [2.24, 2.45) is 0 Å². The van der Waals surface area contributed by atoms with Crippen LogP contribution in [0.5, 0.6) is 0 Å². The molecule has 0 aliphatic carbocycles. The van der Waals surface area contributed by atoms with E-state index >= 15 is 0 Å². The Labute approximate surface area is 102 Å². The van der Waals surface area contributed by atoms with Gasteiger partial charge in [-0.25, -0.2) is 0 Å². The smallest absolute Gasteiger partial charge is 0.0595 e. The average Bonchev–Trinajstić information content (AvgIpc) is 2.29. The van der Waals surface area contributed by atoms with Crippen molar-refractivity contribution in [3.63, 3.8) is 0 Å². The van der Waals surface area contributed by atoms with Gasteiger partial charge in [-0.15, -0.1) is 0 Å². The first-order valence-electron chi connectivity index (χ1n) is 5.51. The van der Waals surface area contributed by atoms with Crippen LogP contribution < -0.4 is 16.4 Å². The van der Waals surface area contributed by atoms with E-state index in [1.807, 2.05) is 61.5 Å². The molecular weight excluding hydrogens is 210 g/mol. The molecule has 88 valence electrons. The van der Waals surface area contributed by atoms with Gasteiger partial charge in [-0.2, -0.15) is 0 Å². The van der Waals surface area contributed by atoms with Crippen LogP contribution in [0.25, 0.3) is 11.1 Å². The number of benzene rings is 2. The van der Waals surface area contributed by atoms with E-state index in [9.17, 15) is 0 Å². The third-order valence-electron chi connectivity index (χ3n) is 2.78. The Balaban J connectivity index is 2.49. The number of hydrogen-bond acceptors (Lipinski definition) is 3. The number of nitrogen functional groups attached to an aromatic ring is 2. The van der Waals surface area contributed by atoms with Gasteiger partial charge in [-0.3, -0.25) is 0 Å². The van der Waals surface area contributed by atoms with Crippen LogP contribution in [0, 0.1) is 0 Å². The first-order chi connectivity index (χ1) is 8.09. The summed E-state index contributed by atoms with van der Waals surface area (Å²) in [4.78, 5) is 1.99. The minimum atomic E-state index is 0.760. The lowest BCUT2D eigenvalue weighted by atomic mass is 10.0. The van der Waals surface area contributed by atoms with Gasteiger partial charge in [-0.05, 0) is 23.8 Å². The van der Waals surface area contributed by atoms with Crippen molar-refractivity contribution in [2.45, 2.75) is 0 Å². The molecular formula is C14H17N3. The fraction of sp³-hybridized carbons (Fsp3) is 0.143. The van der Waals surface area contributed by atoms with Crippen LogP contribution in [0.3, 0.4) is 0 Å². The molecule has 0 unspecified atom stereocenters. The zero-order chi connectivity index (χ0) is 12.4. The molecule has 0 radical (unpaired) electrons. The van der Waals surface area contributed by atoms with Gasteiger partial charge in [-0.1, -0.05) is 24.3 Å². The molecule has 0 spiro atoms. The third-order valence-corrected chi connectivity index (χ3v) is 2.78. The Morgan fingerprint density at radius 1 is 0.882 bits per heavy atom. The molecule has 0 amide bonds. The normalized spacial score (nSPS) is 10.2. The Morgan fingerprint density at radius 2 is 1.59 bits per heavy atom. The number of nitrogens with zero attached hydrogens (tertiary/aromatic N) is 1. The summed E-state index contributed by atoms with van der Waals surface area (Å²) in [6.07, 6.45) is 0. The van der Waals surface area contributed by atoms with E-state index in [0.717, 1.165) is 28.2 Å². The number of rotatable bonds is 2. The highest BCUT2D eigenvalue weighted by Crippen LogP contribution is 2.31. The van der Waals surface area contributed by atoms with Crippen LogP contribution in [-0.4, -0.2) is 14.1 Å². The minimum absolute atomic E-state index is 0.760. The molecule has 17 heavy (non-hydrogen) atoms. The lowest BCUT2D eigenvalue weighted by Crippen LogP contribution is -2.10. The molecule has 0 aliphatic heterocycles. The summed E-state index contributed by atoms with van der Waals surface area (Å²) in [6, 6.07) is 13.8. The highest BCUT2D eigenvalue weighted by atomic mass is 15.1. The fourth-order valence-electron chi connectivity index (χ4n) is 1.89. The van der Waals surface area contributed by atoms with Crippen LogP contribution in [0.2, 0.25) is 0 Å². The predicted octanol–water partition coefficient (Wildman–Crippen LogP) is 2.58. The van der Waals surface area contributed by atoms with Gasteiger partial charge in [0.25, 0.3) is 0 Å². The van der Waals surface area contributed by atoms with E-state index < -0.39 is 0 Å². The van der Waals surface area contributed by atoms with Crippen molar-refractivity contribution in [3.05, 3.63) is 42.5 Å². The van der Waals surface area contributed by atoms with E-state index in [1.165, 1.54) is 0 Å². The van der Waals surface area contributed by atoms with Gasteiger partial charge in [0.15, 0.2) is 0 Å². The zero-order valence-electron chi connectivity index (χ0n) is 10.1. The standard InChI is InChI=1S/C14H17N3/c1-17(2)14-8-7-10(9-13(14)16)11-5-3-4-6-12(11)15/h3-9H,15-16H2,1-2H3. The maximum atomic E-state index is 6.03. The summed E-state index contributed by atoms with van der Waals surface area (Å²) in [5.41, 5.74) is 16.6. The lowest BCUT2D eigenvalue weighted by Gasteiger charge is -2.16. The molecule has 2 aromatic rings. The summed E-state index contributed by atoms with van der Waals surface area (Å²) >= 11 is 0. The van der Waals surface area contributed by atoms with Gasteiger partial charge >= 0.3 is 0 Å². The average molecular weight is 227 g/mol. The molecule has 0 fully saturated rings. The van der Waals surface area contributed by atoms with Crippen LogP contribution in [-0.2, 0) is 0 Å². The van der Waals surface area contributed by atoms with E-state index in [-0.39, 0.29) is 0 Å². The summed E-state index contributed by atoms with van der Waals surface area (Å²) in [7, 11) is 3.95. The topological polar surface area (TPSA) is 55.3 Å². The van der Waals surface area contributed by atoms with Gasteiger partial charge in [0, 0.05) is 25.3 Å². The first-order valence-corrected chi connectivity index (χ1v) is 5.51. The predicted molar refractivity (Wildman–Crippen MR) is 75.0 cm³/mol. The molecule has 2 rings (SSSR count). The first kappa shape index (κ1) is 11.3. The molecule has 3 heteroatoms. The third kappa shape index (κ3) is 2.18. The van der Waals surface area contributed by atoms with E-state index in [1.54, 1.807) is 0 Å². The van der Waals surface area contributed by atoms with E-state index in [2.05, 4.69) is 0 Å². The van der Waals surface area contributed by atoms with Crippen molar-refractivity contribution < 1.29 is 0 Å². The summed E-state index contributed by atoms with van der Waals surface area (Å²) in [6.45, 7) is 0. The van der Waals surface area contributed by atoms with Gasteiger partial charge in [0.05, 0.1) is 11.4 Å². The number of anilines is 3. The van der Waals surface area contributed by atoms with Gasteiger partial charge in [0.1, 0.15) is 0 Å². The molecule has 2 aromatic carbocycles. The molecule has 0 aromatic heterocycles. The number of para-hydroxylation sites is 1. The molecule has 0 atom stereocenters. The van der Waals surface area contributed by atoms with Crippen molar-refractivity contribution in [2.75, 3.05) is 30.5 Å². The molecule has 0 saturated carbocycles. The van der Waals surface area contributed by atoms with Crippen molar-refractivity contribution in [1.82, 2.24) is 0 Å². The molecule has 0 heterocycles. The van der Waals surface area contributed by atoms with Crippen molar-refractivity contribution >= 4 is 17.1 Å². The van der Waals surface area contributed by atoms with Crippen LogP contribution in [0.15, 0.2) is 42.5 Å². The highest BCUT2D eigenvalue weighted by Gasteiger charge is 2.06. The highest BCUT2D eigenvalue weighted by molar-refractivity contribution is 5.81. The van der Waals surface area contributed by atoms with Gasteiger partial charge < -0.3 is 16.4 Å². The van der Waals surface area contributed by atoms with Crippen LogP contribution in [0.4, 0.5) is 17.1 Å². The van der Waals surface area contributed by atoms with Crippen LogP contribution >= 0.6 is 0 Å². The molecule has 0 saturated heterocycles. The van der Waals surface area contributed by atoms with E-state index in [4.69, 9.17) is 11.5 Å². The minimum Gasteiger partial charge on any atom is -0.398 e. The maximum Gasteiger partial charge on any atom is 0.0595 e. The molecule has 0 bridgehead atoms. The Morgan fingerprint density at radius 3 is 2.18 bits per heavy atom. The zero-order valence-corrected chi connectivity index (χ0v) is 10.1. The monoisotopic (exact) mass is 227 g/mol. The molecule has 3 nitrogen and oxygen atoms in total. The second-order valence-electron chi connectivity index (χ2n) is 4.26. The van der Waals surface area contributed by atoms with Crippen LogP contribution in [0.1, 0.15) is 0 Å². The number of hydrogen-bond donors (Lipinski definition) is 2. The lowest BCUT2D eigenvalue weighted by molar-refractivity contribution is 1.13.